The van der Waals surface area contributed by atoms with Gasteiger partial charge < -0.3 is 5.32 Å². The van der Waals surface area contributed by atoms with E-state index < -0.39 is 0 Å². The number of thioether (sulfide) groups is 1. The van der Waals surface area contributed by atoms with Crippen molar-refractivity contribution in [1.29, 1.82) is 0 Å². The molecule has 0 aromatic heterocycles. The first-order valence-corrected chi connectivity index (χ1v) is 8.17. The van der Waals surface area contributed by atoms with E-state index in [9.17, 15) is 4.79 Å². The summed E-state index contributed by atoms with van der Waals surface area (Å²) < 4.78 is 0. The second-order valence-corrected chi connectivity index (χ2v) is 6.66. The molecule has 2 aliphatic rings. The molecule has 4 rings (SSSR count). The van der Waals surface area contributed by atoms with Gasteiger partial charge in [0, 0.05) is 4.90 Å². The van der Waals surface area contributed by atoms with E-state index in [1.807, 2.05) is 24.3 Å². The number of benzene rings is 2. The Kier molecular flexibility index (Phi) is 3.20. The van der Waals surface area contributed by atoms with E-state index >= 15 is 0 Å². The van der Waals surface area contributed by atoms with Gasteiger partial charge in [-0.2, -0.15) is 5.12 Å². The molecular weight excluding hydrogens is 308 g/mol. The molecule has 0 spiro atoms. The molecule has 2 aliphatic heterocycles. The van der Waals surface area contributed by atoms with Crippen molar-refractivity contribution in [2.45, 2.75) is 18.7 Å². The van der Waals surface area contributed by atoms with Crippen LogP contribution in [0.4, 0.5) is 5.69 Å². The van der Waals surface area contributed by atoms with Gasteiger partial charge in [-0.15, -0.1) is 0 Å². The number of hydrogen-bond donors (Lipinski definition) is 3. The molecule has 0 saturated heterocycles. The molecule has 6 heteroatoms. The predicted molar refractivity (Wildman–Crippen MR) is 91.5 cm³/mol. The number of nitrogens with zero attached hydrogens (tertiary/aromatic N) is 1. The number of hydrogen-bond acceptors (Lipinski definition) is 5. The second kappa shape index (κ2) is 5.24. The van der Waals surface area contributed by atoms with Crippen molar-refractivity contribution < 1.29 is 4.79 Å². The lowest BCUT2D eigenvalue weighted by Gasteiger charge is -2.20. The van der Waals surface area contributed by atoms with Crippen molar-refractivity contribution in [1.82, 2.24) is 16.2 Å². The SMILES string of the molecule is Cc1ccc(SC2=C3NC(=O)c4ccccc4N(N3)N2)c(C)c1. The van der Waals surface area contributed by atoms with Crippen LogP contribution in [0.1, 0.15) is 21.5 Å². The molecule has 1 amide bonds. The minimum atomic E-state index is -0.106. The number of rotatable bonds is 2. The highest BCUT2D eigenvalue weighted by atomic mass is 32.2. The fourth-order valence-corrected chi connectivity index (χ4v) is 3.60. The van der Waals surface area contributed by atoms with E-state index in [1.54, 1.807) is 16.9 Å². The summed E-state index contributed by atoms with van der Waals surface area (Å²) in [7, 11) is 0. The van der Waals surface area contributed by atoms with Gasteiger partial charge in [0.15, 0.2) is 5.82 Å². The Balaban J connectivity index is 1.67. The Bertz CT molecular complexity index is 846. The molecular formula is C17H16N4OS. The molecule has 0 saturated carbocycles. The predicted octanol–water partition coefficient (Wildman–Crippen LogP) is 2.79. The quantitative estimate of drug-likeness (QED) is 0.793. The van der Waals surface area contributed by atoms with Crippen LogP contribution in [0.15, 0.2) is 58.2 Å². The Hall–Kier alpha value is -2.60. The average molecular weight is 324 g/mol. The zero-order valence-electron chi connectivity index (χ0n) is 12.8. The van der Waals surface area contributed by atoms with Crippen LogP contribution in [-0.2, 0) is 0 Å². The number of anilines is 1. The van der Waals surface area contributed by atoms with Gasteiger partial charge in [0.25, 0.3) is 5.91 Å². The highest BCUT2D eigenvalue weighted by Crippen LogP contribution is 2.34. The molecule has 0 unspecified atom stereocenters. The summed E-state index contributed by atoms with van der Waals surface area (Å²) in [6.45, 7) is 4.17. The molecule has 2 bridgehead atoms. The monoisotopic (exact) mass is 324 g/mol. The van der Waals surface area contributed by atoms with Crippen molar-refractivity contribution >= 4 is 23.4 Å². The summed E-state index contributed by atoms with van der Waals surface area (Å²) in [5.41, 5.74) is 10.4. The van der Waals surface area contributed by atoms with Crippen molar-refractivity contribution in [2.24, 2.45) is 0 Å². The standard InChI is InChI=1S/C17H16N4OS/c1-10-7-8-14(11(2)9-10)23-17-15-18-16(22)12-5-3-4-6-13(12)21(19-15)20-17/h3-9,19-20H,1-2H3,(H,18,22). The number of carbonyl (C=O) groups excluding carboxylic acids is 1. The fraction of sp³-hybridized carbons (Fsp3) is 0.118. The van der Waals surface area contributed by atoms with E-state index in [0.717, 1.165) is 15.6 Å². The number of para-hydroxylation sites is 1. The molecule has 3 N–H and O–H groups in total. The lowest BCUT2D eigenvalue weighted by Crippen LogP contribution is -2.40. The highest BCUT2D eigenvalue weighted by Gasteiger charge is 2.30. The van der Waals surface area contributed by atoms with Crippen LogP contribution >= 0.6 is 11.8 Å². The second-order valence-electron chi connectivity index (χ2n) is 5.61. The van der Waals surface area contributed by atoms with Gasteiger partial charge in [0.05, 0.1) is 11.3 Å². The third kappa shape index (κ3) is 2.41. The van der Waals surface area contributed by atoms with Crippen LogP contribution in [0, 0.1) is 13.8 Å². The molecule has 116 valence electrons. The maximum Gasteiger partial charge on any atom is 0.259 e. The van der Waals surface area contributed by atoms with Gasteiger partial charge in [-0.05, 0) is 37.6 Å². The summed E-state index contributed by atoms with van der Waals surface area (Å²) in [6, 6.07) is 13.8. The normalized spacial score (nSPS) is 15.6. The summed E-state index contributed by atoms with van der Waals surface area (Å²) in [4.78, 5) is 13.5. The van der Waals surface area contributed by atoms with Gasteiger partial charge in [-0.25, -0.2) is 0 Å². The van der Waals surface area contributed by atoms with Crippen LogP contribution in [0.5, 0.6) is 0 Å². The third-order valence-corrected chi connectivity index (χ3v) is 5.01. The number of aryl methyl sites for hydroxylation is 2. The molecule has 2 aromatic carbocycles. The van der Waals surface area contributed by atoms with Crippen molar-refractivity contribution in [3.8, 4) is 0 Å². The summed E-state index contributed by atoms with van der Waals surface area (Å²) in [5, 5.41) is 5.58. The number of carbonyl (C=O) groups is 1. The number of fused-ring (bicyclic) bond motifs is 4. The number of amides is 1. The average Bonchev–Trinajstić information content (AvgIpc) is 2.86. The molecule has 23 heavy (non-hydrogen) atoms. The van der Waals surface area contributed by atoms with Gasteiger partial charge in [0.1, 0.15) is 5.03 Å². The molecule has 5 nitrogen and oxygen atoms in total. The molecule has 0 radical (unpaired) electrons. The minimum Gasteiger partial charge on any atom is -0.305 e. The van der Waals surface area contributed by atoms with E-state index in [0.29, 0.717) is 11.4 Å². The topological polar surface area (TPSA) is 56.4 Å². The lowest BCUT2D eigenvalue weighted by molar-refractivity contribution is 0.0966. The number of hydrazine groups is 2. The van der Waals surface area contributed by atoms with Crippen molar-refractivity contribution in [3.05, 3.63) is 70.0 Å². The van der Waals surface area contributed by atoms with Gasteiger partial charge in [-0.3, -0.25) is 15.6 Å². The molecule has 2 aromatic rings. The summed E-state index contributed by atoms with van der Waals surface area (Å²) >= 11 is 1.60. The molecule has 0 fully saturated rings. The lowest BCUT2D eigenvalue weighted by atomic mass is 10.1. The molecule has 0 atom stereocenters. The van der Waals surface area contributed by atoms with Gasteiger partial charge >= 0.3 is 0 Å². The maximum atomic E-state index is 12.4. The van der Waals surface area contributed by atoms with Gasteiger partial charge in [0.2, 0.25) is 0 Å². The van der Waals surface area contributed by atoms with Crippen LogP contribution in [0.2, 0.25) is 0 Å². The Morgan fingerprint density at radius 3 is 2.70 bits per heavy atom. The Morgan fingerprint density at radius 2 is 1.87 bits per heavy atom. The largest absolute Gasteiger partial charge is 0.305 e. The van der Waals surface area contributed by atoms with Crippen LogP contribution < -0.4 is 21.3 Å². The van der Waals surface area contributed by atoms with Crippen LogP contribution in [-0.4, -0.2) is 5.91 Å². The zero-order chi connectivity index (χ0) is 16.0. The zero-order valence-corrected chi connectivity index (χ0v) is 13.6. The first-order valence-electron chi connectivity index (χ1n) is 7.35. The van der Waals surface area contributed by atoms with E-state index in [2.05, 4.69) is 48.2 Å². The Morgan fingerprint density at radius 1 is 1.04 bits per heavy atom. The molecule has 2 heterocycles. The fourth-order valence-electron chi connectivity index (χ4n) is 2.69. The van der Waals surface area contributed by atoms with Crippen molar-refractivity contribution in [3.63, 3.8) is 0 Å². The summed E-state index contributed by atoms with van der Waals surface area (Å²) in [6.07, 6.45) is 0. The summed E-state index contributed by atoms with van der Waals surface area (Å²) in [5.74, 6) is 0.571. The van der Waals surface area contributed by atoms with Gasteiger partial charge in [-0.1, -0.05) is 41.6 Å². The smallest absolute Gasteiger partial charge is 0.259 e. The van der Waals surface area contributed by atoms with E-state index in [-0.39, 0.29) is 5.91 Å². The van der Waals surface area contributed by atoms with Crippen LogP contribution in [0.3, 0.4) is 0 Å². The Labute approximate surface area is 138 Å². The maximum absolute atomic E-state index is 12.4. The first-order chi connectivity index (χ1) is 11.1. The minimum absolute atomic E-state index is 0.106. The van der Waals surface area contributed by atoms with Crippen molar-refractivity contribution in [2.75, 3.05) is 5.12 Å². The highest BCUT2D eigenvalue weighted by molar-refractivity contribution is 8.03. The first kappa shape index (κ1) is 14.0. The third-order valence-electron chi connectivity index (χ3n) is 3.83. The van der Waals surface area contributed by atoms with E-state index in [4.69, 9.17) is 0 Å². The molecule has 0 aliphatic carbocycles. The number of nitrogens with one attached hydrogen (secondary N) is 3. The van der Waals surface area contributed by atoms with E-state index in [1.165, 1.54) is 11.1 Å². The van der Waals surface area contributed by atoms with Crippen LogP contribution in [0.25, 0.3) is 0 Å².